The lowest BCUT2D eigenvalue weighted by atomic mass is 10.2. The first-order chi connectivity index (χ1) is 6.63. The second-order valence-corrected chi connectivity index (χ2v) is 2.66. The third-order valence-corrected chi connectivity index (χ3v) is 1.61. The Bertz CT molecular complexity index is 396. The molecule has 1 aromatic rings. The minimum absolute atomic E-state index is 0. The van der Waals surface area contributed by atoms with Crippen LogP contribution in [0, 0.1) is 11.3 Å². The van der Waals surface area contributed by atoms with Gasteiger partial charge in [0.15, 0.2) is 0 Å². The standard InChI is InChI=1S/C9H9N3O2.CH4/c10-4-6-1-2-8(7(11)3-6)12-5-9(13)14;/h1-3,12H,5,11H2,(H,13,14);1H4. The van der Waals surface area contributed by atoms with Crippen LogP contribution in [0.25, 0.3) is 0 Å². The van der Waals surface area contributed by atoms with E-state index in [-0.39, 0.29) is 14.0 Å². The van der Waals surface area contributed by atoms with Crippen LogP contribution in [-0.2, 0) is 4.79 Å². The van der Waals surface area contributed by atoms with Crippen molar-refractivity contribution in [1.29, 1.82) is 5.26 Å². The van der Waals surface area contributed by atoms with Crippen LogP contribution in [0.1, 0.15) is 13.0 Å². The summed E-state index contributed by atoms with van der Waals surface area (Å²) in [6.45, 7) is -0.198. The average molecular weight is 207 g/mol. The lowest BCUT2D eigenvalue weighted by Gasteiger charge is -2.06. The molecule has 0 aliphatic rings. The van der Waals surface area contributed by atoms with Gasteiger partial charge in [-0.05, 0) is 18.2 Å². The van der Waals surface area contributed by atoms with E-state index in [4.69, 9.17) is 16.1 Å². The van der Waals surface area contributed by atoms with Crippen molar-refractivity contribution >= 4 is 17.3 Å². The van der Waals surface area contributed by atoms with E-state index in [1.54, 1.807) is 12.1 Å². The van der Waals surface area contributed by atoms with Crippen molar-refractivity contribution < 1.29 is 9.90 Å². The molecule has 0 spiro atoms. The number of nitrogens with zero attached hydrogens (tertiary/aromatic N) is 1. The molecule has 0 saturated carbocycles. The number of carboxylic acid groups (broad SMARTS) is 1. The molecule has 0 unspecified atom stereocenters. The maximum Gasteiger partial charge on any atom is 0.322 e. The van der Waals surface area contributed by atoms with E-state index in [0.717, 1.165) is 0 Å². The summed E-state index contributed by atoms with van der Waals surface area (Å²) in [5, 5.41) is 19.6. The molecule has 5 heteroatoms. The van der Waals surface area contributed by atoms with Gasteiger partial charge in [0.1, 0.15) is 6.54 Å². The number of rotatable bonds is 3. The second-order valence-electron chi connectivity index (χ2n) is 2.66. The highest BCUT2D eigenvalue weighted by molar-refractivity contribution is 5.76. The van der Waals surface area contributed by atoms with Gasteiger partial charge in [-0.25, -0.2) is 0 Å². The summed E-state index contributed by atoms with van der Waals surface area (Å²) in [5.41, 5.74) is 6.91. The van der Waals surface area contributed by atoms with Crippen molar-refractivity contribution in [1.82, 2.24) is 0 Å². The van der Waals surface area contributed by atoms with Crippen molar-refractivity contribution in [2.45, 2.75) is 7.43 Å². The lowest BCUT2D eigenvalue weighted by molar-refractivity contribution is -0.134. The van der Waals surface area contributed by atoms with Crippen molar-refractivity contribution in [3.05, 3.63) is 23.8 Å². The first-order valence-corrected chi connectivity index (χ1v) is 3.89. The molecule has 0 heterocycles. The molecule has 0 radical (unpaired) electrons. The lowest BCUT2D eigenvalue weighted by Crippen LogP contribution is -2.13. The Kier molecular flexibility index (Phi) is 4.68. The maximum atomic E-state index is 10.3. The van der Waals surface area contributed by atoms with Crippen molar-refractivity contribution in [3.8, 4) is 6.07 Å². The zero-order valence-electron chi connectivity index (χ0n) is 7.32. The van der Waals surface area contributed by atoms with Gasteiger partial charge in [-0.2, -0.15) is 5.26 Å². The van der Waals surface area contributed by atoms with Crippen LogP contribution in [0.15, 0.2) is 18.2 Å². The quantitative estimate of drug-likeness (QED) is 0.648. The van der Waals surface area contributed by atoms with Gasteiger partial charge in [0.25, 0.3) is 0 Å². The first-order valence-electron chi connectivity index (χ1n) is 3.89. The number of anilines is 2. The number of carbonyl (C=O) groups is 1. The van der Waals surface area contributed by atoms with Crippen molar-refractivity contribution in [2.75, 3.05) is 17.6 Å². The van der Waals surface area contributed by atoms with Gasteiger partial charge < -0.3 is 16.2 Å². The van der Waals surface area contributed by atoms with Crippen molar-refractivity contribution in [3.63, 3.8) is 0 Å². The molecule has 15 heavy (non-hydrogen) atoms. The van der Waals surface area contributed by atoms with E-state index in [9.17, 15) is 4.79 Å². The smallest absolute Gasteiger partial charge is 0.322 e. The fourth-order valence-electron chi connectivity index (χ4n) is 0.964. The fraction of sp³-hybridized carbons (Fsp3) is 0.200. The molecule has 1 aromatic carbocycles. The number of nitriles is 1. The van der Waals surface area contributed by atoms with Crippen molar-refractivity contribution in [2.24, 2.45) is 0 Å². The number of carboxylic acids is 1. The largest absolute Gasteiger partial charge is 0.480 e. The minimum Gasteiger partial charge on any atom is -0.480 e. The number of nitrogens with two attached hydrogens (primary N) is 1. The highest BCUT2D eigenvalue weighted by Crippen LogP contribution is 2.18. The van der Waals surface area contributed by atoms with Gasteiger partial charge in [0, 0.05) is 0 Å². The zero-order valence-corrected chi connectivity index (χ0v) is 7.32. The Morgan fingerprint density at radius 1 is 1.60 bits per heavy atom. The number of hydrogen-bond acceptors (Lipinski definition) is 4. The van der Waals surface area contributed by atoms with Crippen LogP contribution < -0.4 is 11.1 Å². The van der Waals surface area contributed by atoms with Crippen LogP contribution in [0.4, 0.5) is 11.4 Å². The molecule has 0 aliphatic heterocycles. The summed E-state index contributed by atoms with van der Waals surface area (Å²) < 4.78 is 0. The molecule has 4 N–H and O–H groups in total. The number of nitrogen functional groups attached to an aromatic ring is 1. The SMILES string of the molecule is C.N#Cc1ccc(NCC(=O)O)c(N)c1. The molecule has 0 aromatic heterocycles. The van der Waals surface area contributed by atoms with Gasteiger partial charge in [-0.15, -0.1) is 0 Å². The zero-order chi connectivity index (χ0) is 10.6. The third kappa shape index (κ3) is 3.56. The molecule has 0 atom stereocenters. The molecular formula is C10H13N3O2. The van der Waals surface area contributed by atoms with Gasteiger partial charge in [0.05, 0.1) is 23.0 Å². The number of benzene rings is 1. The highest BCUT2D eigenvalue weighted by Gasteiger charge is 2.01. The van der Waals surface area contributed by atoms with Crippen LogP contribution >= 0.6 is 0 Å². The van der Waals surface area contributed by atoms with E-state index in [2.05, 4.69) is 5.32 Å². The summed E-state index contributed by atoms with van der Waals surface area (Å²) >= 11 is 0. The highest BCUT2D eigenvalue weighted by atomic mass is 16.4. The Labute approximate surface area is 88.1 Å². The maximum absolute atomic E-state index is 10.3. The molecule has 0 amide bonds. The molecule has 5 nitrogen and oxygen atoms in total. The Morgan fingerprint density at radius 3 is 2.73 bits per heavy atom. The fourth-order valence-corrected chi connectivity index (χ4v) is 0.964. The van der Waals surface area contributed by atoms with Gasteiger partial charge in [-0.3, -0.25) is 4.79 Å². The monoisotopic (exact) mass is 207 g/mol. The molecule has 1 rings (SSSR count). The molecule has 0 bridgehead atoms. The average Bonchev–Trinajstić information content (AvgIpc) is 2.15. The van der Waals surface area contributed by atoms with Crippen LogP contribution in [0.2, 0.25) is 0 Å². The Balaban J connectivity index is 0.00000196. The second kappa shape index (κ2) is 5.50. The predicted octanol–water partition coefficient (Wildman–Crippen LogP) is 1.27. The van der Waals surface area contributed by atoms with E-state index < -0.39 is 5.97 Å². The molecule has 80 valence electrons. The van der Waals surface area contributed by atoms with Crippen LogP contribution in [0.5, 0.6) is 0 Å². The van der Waals surface area contributed by atoms with Crippen LogP contribution in [-0.4, -0.2) is 17.6 Å². The first kappa shape index (κ1) is 12.8. The van der Waals surface area contributed by atoms with Gasteiger partial charge in [-0.1, -0.05) is 7.43 Å². The molecule has 0 saturated heterocycles. The van der Waals surface area contributed by atoms with E-state index in [1.807, 2.05) is 6.07 Å². The molecule has 0 fully saturated rings. The summed E-state index contributed by atoms with van der Waals surface area (Å²) in [5.74, 6) is -0.964. The summed E-state index contributed by atoms with van der Waals surface area (Å²) in [6, 6.07) is 6.58. The Morgan fingerprint density at radius 2 is 2.27 bits per heavy atom. The summed E-state index contributed by atoms with van der Waals surface area (Å²) in [6.07, 6.45) is 0. The van der Waals surface area contributed by atoms with E-state index >= 15 is 0 Å². The minimum atomic E-state index is -0.964. The topological polar surface area (TPSA) is 99.1 Å². The third-order valence-electron chi connectivity index (χ3n) is 1.61. The van der Waals surface area contributed by atoms with Gasteiger partial charge in [0.2, 0.25) is 0 Å². The van der Waals surface area contributed by atoms with E-state index in [1.165, 1.54) is 6.07 Å². The van der Waals surface area contributed by atoms with Gasteiger partial charge >= 0.3 is 5.97 Å². The van der Waals surface area contributed by atoms with E-state index in [0.29, 0.717) is 16.9 Å². The molecule has 0 aliphatic carbocycles. The summed E-state index contributed by atoms with van der Waals surface area (Å²) in [4.78, 5) is 10.3. The molecular weight excluding hydrogens is 194 g/mol. The Hall–Kier alpha value is -2.22. The number of nitrogens with one attached hydrogen (secondary N) is 1. The summed E-state index contributed by atoms with van der Waals surface area (Å²) in [7, 11) is 0. The van der Waals surface area contributed by atoms with Crippen LogP contribution in [0.3, 0.4) is 0 Å². The number of hydrogen-bond donors (Lipinski definition) is 3. The predicted molar refractivity (Wildman–Crippen MR) is 58.4 cm³/mol. The normalized spacial score (nSPS) is 8.47. The number of aliphatic carboxylic acids is 1.